The predicted octanol–water partition coefficient (Wildman–Crippen LogP) is 2.67. The van der Waals surface area contributed by atoms with Crippen LogP contribution in [0.3, 0.4) is 0 Å². The van der Waals surface area contributed by atoms with Gasteiger partial charge in [-0.05, 0) is 26.8 Å². The van der Waals surface area contributed by atoms with E-state index in [4.69, 9.17) is 4.74 Å². The smallest absolute Gasteiger partial charge is 0.163 e. The Bertz CT molecular complexity index is 524. The summed E-state index contributed by atoms with van der Waals surface area (Å²) in [5.41, 5.74) is 1.66. The highest BCUT2D eigenvalue weighted by molar-refractivity contribution is 7.12. The molecule has 98 valence electrons. The molecule has 0 saturated carbocycles. The maximum absolute atomic E-state index is 10.6. The number of ether oxygens (including phenoxy) is 1. The lowest BCUT2D eigenvalue weighted by molar-refractivity contribution is 0.202. The molecule has 18 heavy (non-hydrogen) atoms. The Kier molecular flexibility index (Phi) is 3.73. The number of aromatic nitrogens is 2. The molecule has 2 heterocycles. The zero-order chi connectivity index (χ0) is 13.3. The lowest BCUT2D eigenvalue weighted by atomic mass is 10.1. The van der Waals surface area contributed by atoms with E-state index in [2.05, 4.69) is 5.10 Å². The number of nitrogens with zero attached hydrogens (tertiary/aromatic N) is 2. The first kappa shape index (κ1) is 13.1. The van der Waals surface area contributed by atoms with E-state index in [-0.39, 0.29) is 0 Å². The highest BCUT2D eigenvalue weighted by Crippen LogP contribution is 2.34. The van der Waals surface area contributed by atoms with Crippen LogP contribution in [0.4, 0.5) is 0 Å². The van der Waals surface area contributed by atoms with Crippen LogP contribution in [0.5, 0.6) is 5.75 Å². The van der Waals surface area contributed by atoms with Crippen LogP contribution in [0.15, 0.2) is 12.3 Å². The fourth-order valence-corrected chi connectivity index (χ4v) is 3.09. The van der Waals surface area contributed by atoms with Crippen LogP contribution in [-0.4, -0.2) is 22.0 Å². The van der Waals surface area contributed by atoms with Crippen LogP contribution in [0.1, 0.15) is 34.0 Å². The van der Waals surface area contributed by atoms with Gasteiger partial charge in [-0.15, -0.1) is 11.3 Å². The Hall–Kier alpha value is -1.33. The summed E-state index contributed by atoms with van der Waals surface area (Å²) >= 11 is 1.69. The number of thiophene rings is 1. The van der Waals surface area contributed by atoms with Crippen LogP contribution in [0.25, 0.3) is 0 Å². The minimum atomic E-state index is -0.688. The molecule has 0 amide bonds. The summed E-state index contributed by atoms with van der Waals surface area (Å²) in [6.07, 6.45) is 0.962. The molecule has 0 radical (unpaired) electrons. The third kappa shape index (κ3) is 2.15. The van der Waals surface area contributed by atoms with E-state index in [1.54, 1.807) is 29.3 Å². The van der Waals surface area contributed by atoms with Gasteiger partial charge in [-0.3, -0.25) is 4.68 Å². The third-order valence-electron chi connectivity index (χ3n) is 3.00. The molecular weight excluding hydrogens is 248 g/mol. The van der Waals surface area contributed by atoms with Crippen molar-refractivity contribution in [2.45, 2.75) is 33.4 Å². The van der Waals surface area contributed by atoms with Crippen LogP contribution in [0, 0.1) is 13.8 Å². The molecule has 0 aliphatic rings. The standard InChI is InChI=1S/C13H18N2O2S/c1-5-15-12(11(17-4)7-14-15)13(16)10-6-8(2)18-9(10)3/h6-7,13,16H,5H2,1-4H3. The molecule has 0 bridgehead atoms. The summed E-state index contributed by atoms with van der Waals surface area (Å²) < 4.78 is 7.05. The van der Waals surface area contributed by atoms with Crippen molar-refractivity contribution < 1.29 is 9.84 Å². The van der Waals surface area contributed by atoms with Crippen molar-refractivity contribution in [2.75, 3.05) is 7.11 Å². The Morgan fingerprint density at radius 3 is 2.72 bits per heavy atom. The summed E-state index contributed by atoms with van der Waals surface area (Å²) in [7, 11) is 1.60. The van der Waals surface area contributed by atoms with Gasteiger partial charge in [0.2, 0.25) is 0 Å². The first-order chi connectivity index (χ1) is 8.58. The molecule has 5 heteroatoms. The lowest BCUT2D eigenvalue weighted by Gasteiger charge is -2.14. The fraction of sp³-hybridized carbons (Fsp3) is 0.462. The second-order valence-corrected chi connectivity index (χ2v) is 5.65. The van der Waals surface area contributed by atoms with E-state index in [1.165, 1.54) is 4.88 Å². The molecule has 1 N–H and O–H groups in total. The number of aliphatic hydroxyl groups is 1. The van der Waals surface area contributed by atoms with Crippen molar-refractivity contribution in [1.29, 1.82) is 0 Å². The Morgan fingerprint density at radius 1 is 1.50 bits per heavy atom. The van der Waals surface area contributed by atoms with E-state index in [9.17, 15) is 5.11 Å². The SMILES string of the molecule is CCn1ncc(OC)c1C(O)c1cc(C)sc1C. The quantitative estimate of drug-likeness (QED) is 0.925. The average Bonchev–Trinajstić information content (AvgIpc) is 2.90. The second-order valence-electron chi connectivity index (χ2n) is 4.19. The molecular formula is C13H18N2O2S. The van der Waals surface area contributed by atoms with Gasteiger partial charge in [0.15, 0.2) is 5.75 Å². The lowest BCUT2D eigenvalue weighted by Crippen LogP contribution is -2.10. The fourth-order valence-electron chi connectivity index (χ4n) is 2.13. The molecule has 1 unspecified atom stereocenters. The highest BCUT2D eigenvalue weighted by atomic mass is 32.1. The molecule has 1 atom stereocenters. The summed E-state index contributed by atoms with van der Waals surface area (Å²) in [6.45, 7) is 6.77. The van der Waals surface area contributed by atoms with Gasteiger partial charge in [0, 0.05) is 21.9 Å². The predicted molar refractivity (Wildman–Crippen MR) is 72.3 cm³/mol. The molecule has 2 aromatic heterocycles. The van der Waals surface area contributed by atoms with Crippen molar-refractivity contribution in [3.63, 3.8) is 0 Å². The number of hydrogen-bond acceptors (Lipinski definition) is 4. The topological polar surface area (TPSA) is 47.3 Å². The Morgan fingerprint density at radius 2 is 2.22 bits per heavy atom. The molecule has 0 saturated heterocycles. The van der Waals surface area contributed by atoms with Crippen LogP contribution in [-0.2, 0) is 6.54 Å². The van der Waals surface area contributed by atoms with Gasteiger partial charge < -0.3 is 9.84 Å². The van der Waals surface area contributed by atoms with Crippen molar-refractivity contribution in [2.24, 2.45) is 0 Å². The van der Waals surface area contributed by atoms with Crippen molar-refractivity contribution in [1.82, 2.24) is 9.78 Å². The third-order valence-corrected chi connectivity index (χ3v) is 3.98. The van der Waals surface area contributed by atoms with Gasteiger partial charge in [-0.1, -0.05) is 0 Å². The molecule has 4 nitrogen and oxygen atoms in total. The highest BCUT2D eigenvalue weighted by Gasteiger charge is 2.23. The molecule has 0 aliphatic heterocycles. The second kappa shape index (κ2) is 5.12. The first-order valence-corrected chi connectivity index (χ1v) is 6.74. The van der Waals surface area contributed by atoms with Gasteiger partial charge in [0.25, 0.3) is 0 Å². The zero-order valence-electron chi connectivity index (χ0n) is 11.1. The van der Waals surface area contributed by atoms with Crippen LogP contribution in [0.2, 0.25) is 0 Å². The molecule has 0 fully saturated rings. The summed E-state index contributed by atoms with van der Waals surface area (Å²) in [4.78, 5) is 2.33. The molecule has 2 rings (SSSR count). The van der Waals surface area contributed by atoms with E-state index in [1.807, 2.05) is 26.8 Å². The maximum atomic E-state index is 10.6. The van der Waals surface area contributed by atoms with Crippen molar-refractivity contribution in [3.05, 3.63) is 33.3 Å². The van der Waals surface area contributed by atoms with E-state index >= 15 is 0 Å². The van der Waals surface area contributed by atoms with E-state index in [0.29, 0.717) is 12.3 Å². The van der Waals surface area contributed by atoms with Gasteiger partial charge in [0.1, 0.15) is 11.8 Å². The number of aliphatic hydroxyl groups excluding tert-OH is 1. The summed E-state index contributed by atoms with van der Waals surface area (Å²) in [5.74, 6) is 0.632. The summed E-state index contributed by atoms with van der Waals surface area (Å²) in [5, 5.41) is 14.8. The number of methoxy groups -OCH3 is 1. The zero-order valence-corrected chi connectivity index (χ0v) is 11.9. The monoisotopic (exact) mass is 266 g/mol. The normalized spacial score (nSPS) is 12.7. The minimum Gasteiger partial charge on any atom is -0.493 e. The first-order valence-electron chi connectivity index (χ1n) is 5.93. The van der Waals surface area contributed by atoms with E-state index < -0.39 is 6.10 Å². The summed E-state index contributed by atoms with van der Waals surface area (Å²) in [6, 6.07) is 2.02. The van der Waals surface area contributed by atoms with Gasteiger partial charge in [-0.25, -0.2) is 0 Å². The van der Waals surface area contributed by atoms with Gasteiger partial charge >= 0.3 is 0 Å². The van der Waals surface area contributed by atoms with Gasteiger partial charge in [-0.2, -0.15) is 5.10 Å². The van der Waals surface area contributed by atoms with Gasteiger partial charge in [0.05, 0.1) is 13.3 Å². The maximum Gasteiger partial charge on any atom is 0.163 e. The Labute approximate surface area is 111 Å². The van der Waals surface area contributed by atoms with Crippen molar-refractivity contribution >= 4 is 11.3 Å². The number of aryl methyl sites for hydroxylation is 3. The minimum absolute atomic E-state index is 0.632. The molecule has 0 aromatic carbocycles. The molecule has 0 aliphatic carbocycles. The molecule has 0 spiro atoms. The number of hydrogen-bond donors (Lipinski definition) is 1. The Balaban J connectivity index is 2.47. The average molecular weight is 266 g/mol. The number of rotatable bonds is 4. The van der Waals surface area contributed by atoms with Crippen LogP contribution < -0.4 is 4.74 Å². The van der Waals surface area contributed by atoms with E-state index in [0.717, 1.165) is 16.1 Å². The largest absolute Gasteiger partial charge is 0.493 e. The van der Waals surface area contributed by atoms with Crippen molar-refractivity contribution in [3.8, 4) is 5.75 Å². The van der Waals surface area contributed by atoms with Crippen LogP contribution >= 0.6 is 11.3 Å². The molecule has 2 aromatic rings.